The standard InChI is InChI=1S/C7H9ClN2O2/c1-4(2)7(11)9-6-5(8)3-12-10-6/h3-4H,1-2H3,(H,9,10,11). The van der Waals surface area contributed by atoms with Gasteiger partial charge >= 0.3 is 0 Å². The monoisotopic (exact) mass is 188 g/mol. The molecule has 1 rings (SSSR count). The minimum absolute atomic E-state index is 0.0993. The Hall–Kier alpha value is -1.03. The SMILES string of the molecule is CC(C)C(=O)Nc1nocc1Cl. The first-order valence-corrected chi connectivity index (χ1v) is 3.90. The summed E-state index contributed by atoms with van der Waals surface area (Å²) in [6.07, 6.45) is 1.26. The second kappa shape index (κ2) is 3.58. The first-order valence-electron chi connectivity index (χ1n) is 3.52. The first-order chi connectivity index (χ1) is 5.61. The smallest absolute Gasteiger partial charge is 0.228 e. The van der Waals surface area contributed by atoms with Gasteiger partial charge in [0, 0.05) is 5.92 Å². The van der Waals surface area contributed by atoms with E-state index in [1.54, 1.807) is 13.8 Å². The molecule has 66 valence electrons. The maximum Gasteiger partial charge on any atom is 0.228 e. The van der Waals surface area contributed by atoms with Crippen LogP contribution in [0.5, 0.6) is 0 Å². The molecular weight excluding hydrogens is 180 g/mol. The predicted molar refractivity (Wildman–Crippen MR) is 45.0 cm³/mol. The molecule has 0 bridgehead atoms. The normalized spacial score (nSPS) is 10.3. The minimum Gasteiger partial charge on any atom is -0.361 e. The molecule has 5 heteroatoms. The van der Waals surface area contributed by atoms with Crippen LogP contribution in [0, 0.1) is 5.92 Å². The molecule has 1 heterocycles. The molecule has 1 aromatic rings. The fourth-order valence-corrected chi connectivity index (χ4v) is 0.690. The van der Waals surface area contributed by atoms with Crippen molar-refractivity contribution in [2.75, 3.05) is 5.32 Å². The number of carbonyl (C=O) groups is 1. The summed E-state index contributed by atoms with van der Waals surface area (Å²) in [7, 11) is 0. The lowest BCUT2D eigenvalue weighted by atomic mass is 10.2. The largest absolute Gasteiger partial charge is 0.361 e. The van der Waals surface area contributed by atoms with Gasteiger partial charge in [-0.15, -0.1) is 0 Å². The van der Waals surface area contributed by atoms with Crippen LogP contribution in [0.3, 0.4) is 0 Å². The molecule has 0 radical (unpaired) electrons. The lowest BCUT2D eigenvalue weighted by Gasteiger charge is -2.03. The zero-order valence-electron chi connectivity index (χ0n) is 6.80. The summed E-state index contributed by atoms with van der Waals surface area (Å²) in [4.78, 5) is 11.1. The van der Waals surface area contributed by atoms with Gasteiger partial charge in [-0.05, 0) is 0 Å². The summed E-state index contributed by atoms with van der Waals surface area (Å²) in [5, 5.41) is 6.32. The van der Waals surface area contributed by atoms with Crippen LogP contribution in [-0.4, -0.2) is 11.1 Å². The molecule has 0 atom stereocenters. The van der Waals surface area contributed by atoms with Crippen molar-refractivity contribution < 1.29 is 9.32 Å². The van der Waals surface area contributed by atoms with Gasteiger partial charge in [0.1, 0.15) is 11.3 Å². The molecule has 1 aromatic heterocycles. The average molecular weight is 189 g/mol. The molecule has 0 aliphatic heterocycles. The van der Waals surface area contributed by atoms with Gasteiger partial charge in [0.2, 0.25) is 5.91 Å². The van der Waals surface area contributed by atoms with Gasteiger partial charge < -0.3 is 9.84 Å². The van der Waals surface area contributed by atoms with Crippen molar-refractivity contribution >= 4 is 23.3 Å². The van der Waals surface area contributed by atoms with Crippen LogP contribution in [-0.2, 0) is 4.79 Å². The number of rotatable bonds is 2. The number of halogens is 1. The second-order valence-corrected chi connectivity index (χ2v) is 3.06. The van der Waals surface area contributed by atoms with Crippen molar-refractivity contribution in [3.8, 4) is 0 Å². The van der Waals surface area contributed by atoms with E-state index in [0.29, 0.717) is 5.02 Å². The Kier molecular flexibility index (Phi) is 2.70. The van der Waals surface area contributed by atoms with Gasteiger partial charge in [0.15, 0.2) is 5.82 Å². The fraction of sp³-hybridized carbons (Fsp3) is 0.429. The topological polar surface area (TPSA) is 55.1 Å². The van der Waals surface area contributed by atoms with E-state index in [4.69, 9.17) is 11.6 Å². The number of hydrogen-bond donors (Lipinski definition) is 1. The average Bonchev–Trinajstić information content (AvgIpc) is 2.36. The summed E-state index contributed by atoms with van der Waals surface area (Å²) in [6.45, 7) is 3.56. The fourth-order valence-electron chi connectivity index (χ4n) is 0.568. The Morgan fingerprint density at radius 3 is 2.83 bits per heavy atom. The molecule has 0 spiro atoms. The highest BCUT2D eigenvalue weighted by Crippen LogP contribution is 2.19. The summed E-state index contributed by atoms with van der Waals surface area (Å²) in [5.41, 5.74) is 0. The maximum atomic E-state index is 11.1. The number of nitrogens with zero attached hydrogens (tertiary/aromatic N) is 1. The number of aromatic nitrogens is 1. The van der Waals surface area contributed by atoms with Crippen LogP contribution in [0.25, 0.3) is 0 Å². The first kappa shape index (κ1) is 9.06. The Labute approximate surface area is 74.9 Å². The quantitative estimate of drug-likeness (QED) is 0.772. The molecule has 0 aliphatic carbocycles. The molecule has 0 fully saturated rings. The molecule has 0 unspecified atom stereocenters. The summed E-state index contributed by atoms with van der Waals surface area (Å²) in [5.74, 6) is 0.0407. The molecule has 0 aliphatic rings. The number of nitrogens with one attached hydrogen (secondary N) is 1. The Morgan fingerprint density at radius 2 is 2.42 bits per heavy atom. The number of carbonyl (C=O) groups excluding carboxylic acids is 1. The lowest BCUT2D eigenvalue weighted by Crippen LogP contribution is -2.18. The number of anilines is 1. The van der Waals surface area contributed by atoms with Gasteiger partial charge in [-0.3, -0.25) is 4.79 Å². The molecule has 1 N–H and O–H groups in total. The van der Waals surface area contributed by atoms with Crippen LogP contribution in [0.1, 0.15) is 13.8 Å². The highest BCUT2D eigenvalue weighted by molar-refractivity contribution is 6.33. The molecule has 0 saturated heterocycles. The van der Waals surface area contributed by atoms with Gasteiger partial charge in [-0.2, -0.15) is 0 Å². The van der Waals surface area contributed by atoms with E-state index < -0.39 is 0 Å². The highest BCUT2D eigenvalue weighted by atomic mass is 35.5. The van der Waals surface area contributed by atoms with E-state index in [2.05, 4.69) is 15.0 Å². The molecule has 0 aromatic carbocycles. The number of amides is 1. The highest BCUT2D eigenvalue weighted by Gasteiger charge is 2.11. The van der Waals surface area contributed by atoms with Crippen LogP contribution in [0.2, 0.25) is 5.02 Å². The van der Waals surface area contributed by atoms with E-state index in [0.717, 1.165) is 0 Å². The second-order valence-electron chi connectivity index (χ2n) is 2.66. The maximum absolute atomic E-state index is 11.1. The van der Waals surface area contributed by atoms with Gasteiger partial charge in [0.25, 0.3) is 0 Å². The van der Waals surface area contributed by atoms with E-state index in [1.807, 2.05) is 0 Å². The molecule has 0 saturated carbocycles. The van der Waals surface area contributed by atoms with Crippen molar-refractivity contribution in [1.82, 2.24) is 5.16 Å². The van der Waals surface area contributed by atoms with Crippen molar-refractivity contribution in [2.45, 2.75) is 13.8 Å². The van der Waals surface area contributed by atoms with Crippen LogP contribution in [0.4, 0.5) is 5.82 Å². The van der Waals surface area contributed by atoms with Crippen molar-refractivity contribution in [2.24, 2.45) is 5.92 Å². The zero-order valence-corrected chi connectivity index (χ0v) is 7.55. The Balaban J connectivity index is 2.64. The third-order valence-corrected chi connectivity index (χ3v) is 1.56. The third kappa shape index (κ3) is 1.98. The minimum atomic E-state index is -0.134. The Bertz CT molecular complexity index is 283. The van der Waals surface area contributed by atoms with Gasteiger partial charge in [-0.25, -0.2) is 0 Å². The van der Waals surface area contributed by atoms with E-state index in [1.165, 1.54) is 6.26 Å². The molecular formula is C7H9ClN2O2. The molecule has 4 nitrogen and oxygen atoms in total. The predicted octanol–water partition coefficient (Wildman–Crippen LogP) is 1.92. The van der Waals surface area contributed by atoms with Crippen LogP contribution >= 0.6 is 11.6 Å². The number of hydrogen-bond acceptors (Lipinski definition) is 3. The third-order valence-electron chi connectivity index (χ3n) is 1.29. The summed E-state index contributed by atoms with van der Waals surface area (Å²) in [6, 6.07) is 0. The molecule has 1 amide bonds. The van der Waals surface area contributed by atoms with Crippen LogP contribution in [0.15, 0.2) is 10.8 Å². The van der Waals surface area contributed by atoms with Gasteiger partial charge in [0.05, 0.1) is 0 Å². The lowest BCUT2D eigenvalue weighted by molar-refractivity contribution is -0.118. The van der Waals surface area contributed by atoms with Crippen molar-refractivity contribution in [3.63, 3.8) is 0 Å². The zero-order chi connectivity index (χ0) is 9.14. The van der Waals surface area contributed by atoms with E-state index in [9.17, 15) is 4.79 Å². The van der Waals surface area contributed by atoms with E-state index >= 15 is 0 Å². The summed E-state index contributed by atoms with van der Waals surface area (Å²) >= 11 is 5.62. The van der Waals surface area contributed by atoms with Crippen molar-refractivity contribution in [3.05, 3.63) is 11.3 Å². The van der Waals surface area contributed by atoms with Gasteiger partial charge in [-0.1, -0.05) is 30.6 Å². The van der Waals surface area contributed by atoms with Crippen LogP contribution < -0.4 is 5.32 Å². The molecule has 12 heavy (non-hydrogen) atoms. The van der Waals surface area contributed by atoms with E-state index in [-0.39, 0.29) is 17.6 Å². The van der Waals surface area contributed by atoms with Crippen molar-refractivity contribution in [1.29, 1.82) is 0 Å². The summed E-state index contributed by atoms with van der Waals surface area (Å²) < 4.78 is 4.53. The Morgan fingerprint density at radius 1 is 1.75 bits per heavy atom.